The van der Waals surface area contributed by atoms with Crippen molar-refractivity contribution in [2.45, 2.75) is 32.1 Å². The fraction of sp³-hybridized carbons (Fsp3) is 0.444. The summed E-state index contributed by atoms with van der Waals surface area (Å²) in [6, 6.07) is 6.79. The van der Waals surface area contributed by atoms with Crippen molar-refractivity contribution in [3.05, 3.63) is 47.1 Å². The SMILES string of the molecule is COc1ccccc1C1=C(CO)CC(F)(C(F)(F)F)C(C(C)C)=C1. The number of hydrogen-bond donors (Lipinski definition) is 1. The summed E-state index contributed by atoms with van der Waals surface area (Å²) < 4.78 is 60.3. The van der Waals surface area contributed by atoms with Gasteiger partial charge in [-0.05, 0) is 28.7 Å². The second-order valence-corrected chi connectivity index (χ2v) is 6.11. The van der Waals surface area contributed by atoms with Crippen molar-refractivity contribution in [1.29, 1.82) is 0 Å². The predicted molar refractivity (Wildman–Crippen MR) is 84.4 cm³/mol. The summed E-state index contributed by atoms with van der Waals surface area (Å²) in [7, 11) is 1.45. The molecule has 6 heteroatoms. The highest BCUT2D eigenvalue weighted by Crippen LogP contribution is 2.51. The quantitative estimate of drug-likeness (QED) is 0.803. The molecule has 24 heavy (non-hydrogen) atoms. The summed E-state index contributed by atoms with van der Waals surface area (Å²) in [4.78, 5) is 0. The molecule has 1 aliphatic carbocycles. The molecule has 1 N–H and O–H groups in total. The first-order valence-electron chi connectivity index (χ1n) is 7.59. The summed E-state index contributed by atoms with van der Waals surface area (Å²) >= 11 is 0. The maximum atomic E-state index is 14.9. The van der Waals surface area contributed by atoms with Crippen LogP contribution in [0.2, 0.25) is 0 Å². The van der Waals surface area contributed by atoms with Gasteiger partial charge in [0.15, 0.2) is 0 Å². The zero-order chi connectivity index (χ0) is 18.1. The molecule has 0 bridgehead atoms. The van der Waals surface area contributed by atoms with Crippen LogP contribution in [-0.4, -0.2) is 30.7 Å². The molecule has 132 valence electrons. The van der Waals surface area contributed by atoms with Gasteiger partial charge in [0.25, 0.3) is 0 Å². The Morgan fingerprint density at radius 2 is 1.88 bits per heavy atom. The number of ether oxygens (including phenoxy) is 1. The fourth-order valence-electron chi connectivity index (χ4n) is 3.03. The average molecular weight is 344 g/mol. The summed E-state index contributed by atoms with van der Waals surface area (Å²) in [5, 5.41) is 9.55. The fourth-order valence-corrected chi connectivity index (χ4v) is 3.03. The molecule has 0 amide bonds. The van der Waals surface area contributed by atoms with E-state index in [9.17, 15) is 22.7 Å². The van der Waals surface area contributed by atoms with E-state index in [4.69, 9.17) is 4.74 Å². The van der Waals surface area contributed by atoms with Crippen LogP contribution in [0.1, 0.15) is 25.8 Å². The maximum Gasteiger partial charge on any atom is 0.426 e. The van der Waals surface area contributed by atoms with Gasteiger partial charge in [0, 0.05) is 12.0 Å². The molecule has 1 atom stereocenters. The van der Waals surface area contributed by atoms with Crippen LogP contribution in [-0.2, 0) is 0 Å². The number of benzene rings is 1. The summed E-state index contributed by atoms with van der Waals surface area (Å²) in [5.41, 5.74) is -2.88. The first-order chi connectivity index (χ1) is 11.2. The molecule has 1 aliphatic rings. The molecule has 1 unspecified atom stereocenters. The number of methoxy groups -OCH3 is 1. The van der Waals surface area contributed by atoms with Gasteiger partial charge in [-0.25, -0.2) is 4.39 Å². The average Bonchev–Trinajstić information content (AvgIpc) is 2.53. The van der Waals surface area contributed by atoms with E-state index in [0.29, 0.717) is 16.9 Å². The van der Waals surface area contributed by atoms with Crippen molar-refractivity contribution in [3.63, 3.8) is 0 Å². The van der Waals surface area contributed by atoms with E-state index in [0.717, 1.165) is 0 Å². The Kier molecular flexibility index (Phi) is 5.08. The molecule has 0 saturated heterocycles. The Bertz CT molecular complexity index is 674. The van der Waals surface area contributed by atoms with E-state index < -0.39 is 30.8 Å². The largest absolute Gasteiger partial charge is 0.496 e. The summed E-state index contributed by atoms with van der Waals surface area (Å²) in [6.07, 6.45) is -4.74. The lowest BCUT2D eigenvalue weighted by Gasteiger charge is -2.37. The molecule has 0 aromatic heterocycles. The topological polar surface area (TPSA) is 29.5 Å². The van der Waals surface area contributed by atoms with Crippen LogP contribution in [0.5, 0.6) is 5.75 Å². The summed E-state index contributed by atoms with van der Waals surface area (Å²) in [5.74, 6) is -0.183. The highest BCUT2D eigenvalue weighted by atomic mass is 19.4. The number of para-hydroxylation sites is 1. The van der Waals surface area contributed by atoms with Crippen molar-refractivity contribution in [2.24, 2.45) is 5.92 Å². The minimum Gasteiger partial charge on any atom is -0.496 e. The zero-order valence-electron chi connectivity index (χ0n) is 13.7. The molecule has 0 saturated carbocycles. The van der Waals surface area contributed by atoms with E-state index >= 15 is 0 Å². The minimum absolute atomic E-state index is 0.00345. The Hall–Kier alpha value is -1.82. The van der Waals surface area contributed by atoms with Gasteiger partial charge in [-0.15, -0.1) is 0 Å². The molecule has 1 aromatic rings. The molecule has 0 heterocycles. The molecule has 0 radical (unpaired) electrons. The lowest BCUT2D eigenvalue weighted by atomic mass is 9.75. The molecule has 0 spiro atoms. The van der Waals surface area contributed by atoms with Gasteiger partial charge in [0.05, 0.1) is 13.7 Å². The third kappa shape index (κ3) is 3.07. The Labute approximate surface area is 138 Å². The second kappa shape index (κ2) is 6.59. The highest BCUT2D eigenvalue weighted by Gasteiger charge is 2.60. The first-order valence-corrected chi connectivity index (χ1v) is 7.59. The van der Waals surface area contributed by atoms with Gasteiger partial charge < -0.3 is 9.84 Å². The van der Waals surface area contributed by atoms with E-state index in [1.54, 1.807) is 24.3 Å². The molecule has 2 nitrogen and oxygen atoms in total. The van der Waals surface area contributed by atoms with Crippen molar-refractivity contribution in [1.82, 2.24) is 0 Å². The Morgan fingerprint density at radius 3 is 2.38 bits per heavy atom. The standard InChI is InChI=1S/C18H20F4O2/c1-11(2)15-8-14(13-6-4-5-7-16(13)24-3)12(10-23)9-17(15,19)18(20,21)22/h4-8,11,23H,9-10H2,1-3H3. The maximum absolute atomic E-state index is 14.9. The van der Waals surface area contributed by atoms with Crippen molar-refractivity contribution < 1.29 is 27.4 Å². The molecule has 1 aromatic carbocycles. The van der Waals surface area contributed by atoms with Gasteiger partial charge in [0.2, 0.25) is 5.67 Å². The van der Waals surface area contributed by atoms with E-state index in [-0.39, 0.29) is 11.1 Å². The number of hydrogen-bond acceptors (Lipinski definition) is 2. The Morgan fingerprint density at radius 1 is 1.25 bits per heavy atom. The van der Waals surface area contributed by atoms with Crippen LogP contribution < -0.4 is 4.74 Å². The minimum atomic E-state index is -5.05. The van der Waals surface area contributed by atoms with Crippen LogP contribution in [0, 0.1) is 5.92 Å². The van der Waals surface area contributed by atoms with E-state index in [2.05, 4.69) is 0 Å². The lowest BCUT2D eigenvalue weighted by molar-refractivity contribution is -0.218. The van der Waals surface area contributed by atoms with Crippen molar-refractivity contribution >= 4 is 5.57 Å². The molecule has 0 aliphatic heterocycles. The zero-order valence-corrected chi connectivity index (χ0v) is 13.7. The van der Waals surface area contributed by atoms with Gasteiger partial charge in [-0.1, -0.05) is 38.1 Å². The summed E-state index contributed by atoms with van der Waals surface area (Å²) in [6.45, 7) is 2.39. The van der Waals surface area contributed by atoms with Crippen LogP contribution in [0.4, 0.5) is 17.6 Å². The first kappa shape index (κ1) is 18.5. The van der Waals surface area contributed by atoms with Crippen LogP contribution in [0.25, 0.3) is 5.57 Å². The van der Waals surface area contributed by atoms with Gasteiger partial charge in [-0.2, -0.15) is 13.2 Å². The molecular formula is C18H20F4O2. The van der Waals surface area contributed by atoms with Gasteiger partial charge >= 0.3 is 6.18 Å². The Balaban J connectivity index is 2.68. The number of aliphatic hydroxyl groups excluding tert-OH is 1. The van der Waals surface area contributed by atoms with Gasteiger partial charge in [-0.3, -0.25) is 0 Å². The van der Waals surface area contributed by atoms with Crippen molar-refractivity contribution in [3.8, 4) is 5.75 Å². The van der Waals surface area contributed by atoms with Crippen molar-refractivity contribution in [2.75, 3.05) is 13.7 Å². The van der Waals surface area contributed by atoms with Crippen LogP contribution in [0.15, 0.2) is 41.5 Å². The molecular weight excluding hydrogens is 324 g/mol. The monoisotopic (exact) mass is 344 g/mol. The molecule has 0 fully saturated rings. The number of rotatable bonds is 4. The number of halogens is 4. The van der Waals surface area contributed by atoms with Gasteiger partial charge in [0.1, 0.15) is 5.75 Å². The third-order valence-electron chi connectivity index (χ3n) is 4.25. The lowest BCUT2D eigenvalue weighted by Crippen LogP contribution is -2.46. The van der Waals surface area contributed by atoms with Crippen LogP contribution in [0.3, 0.4) is 0 Å². The number of aliphatic hydroxyl groups is 1. The predicted octanol–water partition coefficient (Wildman–Crippen LogP) is 4.70. The van der Waals surface area contributed by atoms with Crippen LogP contribution >= 0.6 is 0 Å². The smallest absolute Gasteiger partial charge is 0.426 e. The second-order valence-electron chi connectivity index (χ2n) is 6.11. The number of allylic oxidation sites excluding steroid dienone is 3. The normalized spacial score (nSPS) is 22.0. The number of alkyl halides is 4. The van der Waals surface area contributed by atoms with E-state index in [1.165, 1.54) is 27.0 Å². The highest BCUT2D eigenvalue weighted by molar-refractivity contribution is 5.82. The van der Waals surface area contributed by atoms with E-state index in [1.807, 2.05) is 0 Å². The molecule has 2 rings (SSSR count). The third-order valence-corrected chi connectivity index (χ3v) is 4.25.